The summed E-state index contributed by atoms with van der Waals surface area (Å²) in [6.07, 6.45) is 2.95. The quantitative estimate of drug-likeness (QED) is 0.837. The topological polar surface area (TPSA) is 65.5 Å². The molecule has 1 N–H and O–H groups in total. The first-order valence-electron chi connectivity index (χ1n) is 9.95. The molecular weight excluding hydrogens is 352 g/mol. The van der Waals surface area contributed by atoms with Gasteiger partial charge in [0.2, 0.25) is 5.91 Å². The Kier molecular flexibility index (Phi) is 6.63. The van der Waals surface area contributed by atoms with Crippen LogP contribution in [0.15, 0.2) is 48.7 Å². The van der Waals surface area contributed by atoms with Gasteiger partial charge in [0.25, 0.3) is 5.91 Å². The number of hydrogen-bond acceptors (Lipinski definition) is 4. The van der Waals surface area contributed by atoms with E-state index in [-0.39, 0.29) is 17.9 Å². The molecule has 0 spiro atoms. The fourth-order valence-corrected chi connectivity index (χ4v) is 3.55. The second-order valence-corrected chi connectivity index (χ2v) is 7.03. The first kappa shape index (κ1) is 19.9. The fourth-order valence-electron chi connectivity index (χ4n) is 3.55. The van der Waals surface area contributed by atoms with Gasteiger partial charge in [-0.05, 0) is 31.0 Å². The average molecular weight is 380 g/mol. The lowest BCUT2D eigenvalue weighted by molar-refractivity contribution is -0.133. The largest absolute Gasteiger partial charge is 0.354 e. The number of anilines is 1. The average Bonchev–Trinajstić information content (AvgIpc) is 2.88. The van der Waals surface area contributed by atoms with Crippen LogP contribution >= 0.6 is 0 Å². The summed E-state index contributed by atoms with van der Waals surface area (Å²) in [6, 6.07) is 13.9. The van der Waals surface area contributed by atoms with Gasteiger partial charge in [0, 0.05) is 44.8 Å². The summed E-state index contributed by atoms with van der Waals surface area (Å²) in [5, 5.41) is 2.78. The second-order valence-electron chi connectivity index (χ2n) is 7.03. The van der Waals surface area contributed by atoms with E-state index in [0.29, 0.717) is 31.6 Å². The number of amides is 2. The van der Waals surface area contributed by atoms with Crippen LogP contribution in [0.4, 0.5) is 5.82 Å². The molecule has 3 rings (SSSR count). The lowest BCUT2D eigenvalue weighted by Crippen LogP contribution is -2.42. The third kappa shape index (κ3) is 4.68. The molecule has 6 nitrogen and oxygen atoms in total. The molecule has 0 unspecified atom stereocenters. The van der Waals surface area contributed by atoms with Crippen LogP contribution < -0.4 is 10.2 Å². The fraction of sp³-hybridized carbons (Fsp3) is 0.409. The van der Waals surface area contributed by atoms with Gasteiger partial charge in [0.05, 0.1) is 5.56 Å². The molecule has 1 aromatic carbocycles. The Morgan fingerprint density at radius 2 is 1.96 bits per heavy atom. The van der Waals surface area contributed by atoms with E-state index in [2.05, 4.69) is 34.3 Å². The smallest absolute Gasteiger partial charge is 0.252 e. The standard InChI is InChI=1S/C22H28N4O2/c1-3-19-16-25(20-11-10-18(14-24-20)22(28)23-4-2)13-12-21(27)26(19)15-17-8-6-5-7-9-17/h5-11,14,19H,3-4,12-13,15-16H2,1-2H3,(H,23,28)/t19-/m0/s1. The molecule has 1 fully saturated rings. The van der Waals surface area contributed by atoms with Crippen LogP contribution in [-0.2, 0) is 11.3 Å². The van der Waals surface area contributed by atoms with Gasteiger partial charge in [-0.1, -0.05) is 37.3 Å². The lowest BCUT2D eigenvalue weighted by Gasteiger charge is -2.31. The van der Waals surface area contributed by atoms with Crippen molar-refractivity contribution in [2.45, 2.75) is 39.3 Å². The van der Waals surface area contributed by atoms with E-state index in [9.17, 15) is 9.59 Å². The molecule has 148 valence electrons. The van der Waals surface area contributed by atoms with E-state index in [4.69, 9.17) is 0 Å². The van der Waals surface area contributed by atoms with Crippen molar-refractivity contribution in [3.05, 3.63) is 59.8 Å². The van der Waals surface area contributed by atoms with Crippen LogP contribution in [0.5, 0.6) is 0 Å². The van der Waals surface area contributed by atoms with Gasteiger partial charge in [-0.2, -0.15) is 0 Å². The van der Waals surface area contributed by atoms with Crippen molar-refractivity contribution in [3.8, 4) is 0 Å². The van der Waals surface area contributed by atoms with Gasteiger partial charge < -0.3 is 15.1 Å². The number of nitrogens with one attached hydrogen (secondary N) is 1. The van der Waals surface area contributed by atoms with Crippen molar-refractivity contribution in [1.82, 2.24) is 15.2 Å². The summed E-state index contributed by atoms with van der Waals surface area (Å²) in [4.78, 5) is 33.4. The lowest BCUT2D eigenvalue weighted by atomic mass is 10.1. The summed E-state index contributed by atoms with van der Waals surface area (Å²) in [5.41, 5.74) is 1.70. The summed E-state index contributed by atoms with van der Waals surface area (Å²) in [5.74, 6) is 0.867. The molecular formula is C22H28N4O2. The van der Waals surface area contributed by atoms with Crippen molar-refractivity contribution >= 4 is 17.6 Å². The molecule has 1 aromatic heterocycles. The number of hydrogen-bond donors (Lipinski definition) is 1. The number of aromatic nitrogens is 1. The predicted molar refractivity (Wildman–Crippen MR) is 110 cm³/mol. The number of benzene rings is 1. The molecule has 2 amide bonds. The zero-order valence-corrected chi connectivity index (χ0v) is 16.6. The highest BCUT2D eigenvalue weighted by Gasteiger charge is 2.29. The Morgan fingerprint density at radius 3 is 2.61 bits per heavy atom. The van der Waals surface area contributed by atoms with Crippen molar-refractivity contribution in [3.63, 3.8) is 0 Å². The molecule has 0 radical (unpaired) electrons. The summed E-state index contributed by atoms with van der Waals surface area (Å²) in [7, 11) is 0. The van der Waals surface area contributed by atoms with Crippen LogP contribution in [-0.4, -0.2) is 47.4 Å². The third-order valence-electron chi connectivity index (χ3n) is 5.13. The molecule has 1 aliphatic rings. The molecule has 1 saturated heterocycles. The van der Waals surface area contributed by atoms with E-state index in [1.807, 2.05) is 36.1 Å². The zero-order valence-electron chi connectivity index (χ0n) is 16.6. The molecule has 0 bridgehead atoms. The predicted octanol–water partition coefficient (Wildman–Crippen LogP) is 2.85. The molecule has 2 aromatic rings. The van der Waals surface area contributed by atoms with E-state index in [1.54, 1.807) is 12.3 Å². The SMILES string of the molecule is CCNC(=O)c1ccc(N2CCC(=O)N(Cc3ccccc3)[C@@H](CC)C2)nc1. The molecule has 2 heterocycles. The van der Waals surface area contributed by atoms with Crippen molar-refractivity contribution in [2.75, 3.05) is 24.5 Å². The van der Waals surface area contributed by atoms with Gasteiger partial charge in [-0.3, -0.25) is 9.59 Å². The van der Waals surface area contributed by atoms with Gasteiger partial charge >= 0.3 is 0 Å². The monoisotopic (exact) mass is 380 g/mol. The Morgan fingerprint density at radius 1 is 1.18 bits per heavy atom. The minimum atomic E-state index is -0.118. The van der Waals surface area contributed by atoms with E-state index < -0.39 is 0 Å². The maximum absolute atomic E-state index is 12.8. The maximum atomic E-state index is 12.8. The number of carbonyl (C=O) groups is 2. The second kappa shape index (κ2) is 9.35. The van der Waals surface area contributed by atoms with Gasteiger partial charge in [-0.25, -0.2) is 4.98 Å². The third-order valence-corrected chi connectivity index (χ3v) is 5.13. The highest BCUT2D eigenvalue weighted by atomic mass is 16.2. The van der Waals surface area contributed by atoms with Crippen LogP contribution in [0.2, 0.25) is 0 Å². The molecule has 0 saturated carbocycles. The van der Waals surface area contributed by atoms with Crippen molar-refractivity contribution < 1.29 is 9.59 Å². The van der Waals surface area contributed by atoms with E-state index in [1.165, 1.54) is 0 Å². The van der Waals surface area contributed by atoms with E-state index >= 15 is 0 Å². The van der Waals surface area contributed by atoms with E-state index in [0.717, 1.165) is 24.3 Å². The highest BCUT2D eigenvalue weighted by Crippen LogP contribution is 2.21. The number of nitrogens with zero attached hydrogens (tertiary/aromatic N) is 3. The summed E-state index contributed by atoms with van der Waals surface area (Å²) >= 11 is 0. The molecule has 1 aliphatic heterocycles. The van der Waals surface area contributed by atoms with Gasteiger partial charge in [0.1, 0.15) is 5.82 Å². The van der Waals surface area contributed by atoms with Crippen molar-refractivity contribution in [1.29, 1.82) is 0 Å². The van der Waals surface area contributed by atoms with Crippen LogP contribution in [0.3, 0.4) is 0 Å². The number of carbonyl (C=O) groups excluding carboxylic acids is 2. The van der Waals surface area contributed by atoms with Gasteiger partial charge in [-0.15, -0.1) is 0 Å². The Labute approximate surface area is 166 Å². The van der Waals surface area contributed by atoms with Crippen LogP contribution in [0, 0.1) is 0 Å². The first-order valence-corrected chi connectivity index (χ1v) is 9.95. The molecule has 1 atom stereocenters. The van der Waals surface area contributed by atoms with Crippen LogP contribution in [0.1, 0.15) is 42.6 Å². The minimum Gasteiger partial charge on any atom is -0.354 e. The number of rotatable bonds is 6. The molecule has 6 heteroatoms. The minimum absolute atomic E-state index is 0.118. The molecule has 0 aliphatic carbocycles. The number of pyridine rings is 1. The van der Waals surface area contributed by atoms with Gasteiger partial charge in [0.15, 0.2) is 0 Å². The Balaban J connectivity index is 1.74. The Hall–Kier alpha value is -2.89. The highest BCUT2D eigenvalue weighted by molar-refractivity contribution is 5.94. The zero-order chi connectivity index (χ0) is 19.9. The Bertz CT molecular complexity index is 792. The normalized spacial score (nSPS) is 17.4. The first-order chi connectivity index (χ1) is 13.6. The summed E-state index contributed by atoms with van der Waals surface area (Å²) < 4.78 is 0. The maximum Gasteiger partial charge on any atom is 0.252 e. The van der Waals surface area contributed by atoms with Crippen LogP contribution in [0.25, 0.3) is 0 Å². The van der Waals surface area contributed by atoms with Crippen molar-refractivity contribution in [2.24, 2.45) is 0 Å². The molecule has 28 heavy (non-hydrogen) atoms. The summed E-state index contributed by atoms with van der Waals surface area (Å²) in [6.45, 7) is 6.60.